The molecule has 78 valence electrons. The van der Waals surface area contributed by atoms with Gasteiger partial charge in [0, 0.05) is 15.5 Å². The van der Waals surface area contributed by atoms with Crippen LogP contribution in [0.25, 0.3) is 0 Å². The van der Waals surface area contributed by atoms with Crippen LogP contribution in [0.5, 0.6) is 0 Å². The molecule has 1 aromatic rings. The molecule has 0 aromatic heterocycles. The van der Waals surface area contributed by atoms with Crippen LogP contribution in [0.1, 0.15) is 18.1 Å². The van der Waals surface area contributed by atoms with Crippen LogP contribution in [-0.2, 0) is 6.42 Å². The summed E-state index contributed by atoms with van der Waals surface area (Å²) >= 11 is 3.52. The summed E-state index contributed by atoms with van der Waals surface area (Å²) in [5.74, 6) is 0. The van der Waals surface area contributed by atoms with E-state index in [1.165, 1.54) is 20.9 Å². The molecule has 0 fully saturated rings. The van der Waals surface area contributed by atoms with Gasteiger partial charge in [-0.1, -0.05) is 6.92 Å². The Labute approximate surface area is 94.8 Å². The number of hydrogen-bond acceptors (Lipinski definition) is 3. The van der Waals surface area contributed by atoms with Gasteiger partial charge in [0.2, 0.25) is 0 Å². The van der Waals surface area contributed by atoms with E-state index in [1.54, 1.807) is 23.5 Å². The Morgan fingerprint density at radius 1 is 1.21 bits per heavy atom. The van der Waals surface area contributed by atoms with Crippen molar-refractivity contribution in [3.63, 3.8) is 0 Å². The van der Waals surface area contributed by atoms with Gasteiger partial charge in [-0.2, -0.15) is 0 Å². The second-order valence-corrected chi connectivity index (χ2v) is 4.85. The molecular formula is C11H17NS2. The molecule has 0 radical (unpaired) electrons. The van der Waals surface area contributed by atoms with Gasteiger partial charge < -0.3 is 5.73 Å². The van der Waals surface area contributed by atoms with E-state index < -0.39 is 0 Å². The SMILES string of the molecule is CCc1c(SC)cc(SC)c(N)c1C. The number of benzene rings is 1. The number of hydrogen-bond donors (Lipinski definition) is 1. The molecule has 1 aromatic carbocycles. The lowest BCUT2D eigenvalue weighted by Gasteiger charge is -2.14. The van der Waals surface area contributed by atoms with E-state index in [9.17, 15) is 0 Å². The summed E-state index contributed by atoms with van der Waals surface area (Å²) in [6, 6.07) is 2.20. The molecule has 14 heavy (non-hydrogen) atoms. The molecule has 1 rings (SSSR count). The van der Waals surface area contributed by atoms with Crippen molar-refractivity contribution in [2.45, 2.75) is 30.1 Å². The van der Waals surface area contributed by atoms with E-state index in [4.69, 9.17) is 5.73 Å². The Hall–Kier alpha value is -0.280. The van der Waals surface area contributed by atoms with Gasteiger partial charge in [0.1, 0.15) is 0 Å². The molecule has 0 aliphatic heterocycles. The van der Waals surface area contributed by atoms with Crippen LogP contribution in [-0.4, -0.2) is 12.5 Å². The van der Waals surface area contributed by atoms with Crippen LogP contribution in [0.3, 0.4) is 0 Å². The molecule has 0 aliphatic rings. The van der Waals surface area contributed by atoms with E-state index in [0.717, 1.165) is 12.1 Å². The van der Waals surface area contributed by atoms with Gasteiger partial charge in [0.25, 0.3) is 0 Å². The molecule has 0 atom stereocenters. The Morgan fingerprint density at radius 3 is 2.21 bits per heavy atom. The Bertz CT molecular complexity index is 335. The molecule has 0 amide bonds. The zero-order chi connectivity index (χ0) is 10.7. The summed E-state index contributed by atoms with van der Waals surface area (Å²) in [6.45, 7) is 4.30. The third kappa shape index (κ3) is 2.04. The van der Waals surface area contributed by atoms with Crippen molar-refractivity contribution in [2.24, 2.45) is 0 Å². The quantitative estimate of drug-likeness (QED) is 0.631. The number of rotatable bonds is 3. The molecule has 0 saturated heterocycles. The summed E-state index contributed by atoms with van der Waals surface area (Å²) in [7, 11) is 0. The second kappa shape index (κ2) is 4.99. The fourth-order valence-electron chi connectivity index (χ4n) is 1.61. The highest BCUT2D eigenvalue weighted by molar-refractivity contribution is 7.99. The zero-order valence-corrected chi connectivity index (χ0v) is 10.8. The van der Waals surface area contributed by atoms with Crippen molar-refractivity contribution >= 4 is 29.2 Å². The minimum atomic E-state index is 0.951. The third-order valence-corrected chi connectivity index (χ3v) is 4.06. The van der Waals surface area contributed by atoms with Crippen LogP contribution in [0.15, 0.2) is 15.9 Å². The Kier molecular flexibility index (Phi) is 4.20. The van der Waals surface area contributed by atoms with Crippen LogP contribution < -0.4 is 5.73 Å². The van der Waals surface area contributed by atoms with E-state index in [2.05, 4.69) is 32.4 Å². The smallest absolute Gasteiger partial charge is 0.0485 e. The molecular weight excluding hydrogens is 210 g/mol. The topological polar surface area (TPSA) is 26.0 Å². The maximum absolute atomic E-state index is 6.06. The highest BCUT2D eigenvalue weighted by Crippen LogP contribution is 2.35. The van der Waals surface area contributed by atoms with Gasteiger partial charge in [-0.05, 0) is 43.0 Å². The summed E-state index contributed by atoms with van der Waals surface area (Å²) < 4.78 is 0. The van der Waals surface area contributed by atoms with Gasteiger partial charge in [-0.25, -0.2) is 0 Å². The first-order chi connectivity index (χ1) is 6.65. The van der Waals surface area contributed by atoms with Crippen molar-refractivity contribution in [1.29, 1.82) is 0 Å². The summed E-state index contributed by atoms with van der Waals surface area (Å²) in [6.07, 6.45) is 5.25. The van der Waals surface area contributed by atoms with E-state index >= 15 is 0 Å². The highest BCUT2D eigenvalue weighted by Gasteiger charge is 2.10. The lowest BCUT2D eigenvalue weighted by molar-refractivity contribution is 1.04. The second-order valence-electron chi connectivity index (χ2n) is 3.15. The van der Waals surface area contributed by atoms with E-state index in [1.807, 2.05) is 0 Å². The lowest BCUT2D eigenvalue weighted by atomic mass is 10.0. The maximum atomic E-state index is 6.06. The molecule has 0 unspecified atom stereocenters. The molecule has 3 heteroatoms. The van der Waals surface area contributed by atoms with Crippen molar-refractivity contribution in [1.82, 2.24) is 0 Å². The van der Waals surface area contributed by atoms with Crippen LogP contribution in [0.2, 0.25) is 0 Å². The third-order valence-electron chi connectivity index (χ3n) is 2.48. The first kappa shape index (κ1) is 11.8. The first-order valence-corrected chi connectivity index (χ1v) is 7.10. The summed E-state index contributed by atoms with van der Waals surface area (Å²) in [5.41, 5.74) is 9.66. The Morgan fingerprint density at radius 2 is 1.79 bits per heavy atom. The minimum absolute atomic E-state index is 0.951. The minimum Gasteiger partial charge on any atom is -0.398 e. The predicted octanol–water partition coefficient (Wildman–Crippen LogP) is 3.58. The van der Waals surface area contributed by atoms with Gasteiger partial charge in [-0.15, -0.1) is 23.5 Å². The highest BCUT2D eigenvalue weighted by atomic mass is 32.2. The predicted molar refractivity (Wildman–Crippen MR) is 68.5 cm³/mol. The van der Waals surface area contributed by atoms with Gasteiger partial charge in [0.15, 0.2) is 0 Å². The standard InChI is InChI=1S/C11H17NS2/c1-5-8-7(2)11(12)10(14-4)6-9(8)13-3/h6H,5,12H2,1-4H3. The van der Waals surface area contributed by atoms with Crippen LogP contribution in [0.4, 0.5) is 5.69 Å². The molecule has 0 saturated carbocycles. The molecule has 1 nitrogen and oxygen atoms in total. The van der Waals surface area contributed by atoms with Crippen molar-refractivity contribution in [3.05, 3.63) is 17.2 Å². The van der Waals surface area contributed by atoms with Gasteiger partial charge >= 0.3 is 0 Å². The van der Waals surface area contributed by atoms with Crippen LogP contribution >= 0.6 is 23.5 Å². The fourth-order valence-corrected chi connectivity index (χ4v) is 3.07. The average molecular weight is 227 g/mol. The Balaban J connectivity index is 3.38. The molecule has 2 N–H and O–H groups in total. The monoisotopic (exact) mass is 227 g/mol. The van der Waals surface area contributed by atoms with Crippen molar-refractivity contribution in [2.75, 3.05) is 18.2 Å². The van der Waals surface area contributed by atoms with Crippen molar-refractivity contribution in [3.8, 4) is 0 Å². The molecule has 0 aliphatic carbocycles. The maximum Gasteiger partial charge on any atom is 0.0485 e. The first-order valence-electron chi connectivity index (χ1n) is 4.65. The number of anilines is 1. The molecule has 0 spiro atoms. The van der Waals surface area contributed by atoms with Gasteiger partial charge in [-0.3, -0.25) is 0 Å². The van der Waals surface area contributed by atoms with Gasteiger partial charge in [0.05, 0.1) is 0 Å². The largest absolute Gasteiger partial charge is 0.398 e. The van der Waals surface area contributed by atoms with Crippen LogP contribution in [0, 0.1) is 6.92 Å². The van der Waals surface area contributed by atoms with E-state index in [-0.39, 0.29) is 0 Å². The summed E-state index contributed by atoms with van der Waals surface area (Å²) in [4.78, 5) is 2.56. The normalized spacial score (nSPS) is 10.6. The molecule has 0 heterocycles. The van der Waals surface area contributed by atoms with Crippen molar-refractivity contribution < 1.29 is 0 Å². The number of nitrogens with two attached hydrogens (primary N) is 1. The molecule has 0 bridgehead atoms. The number of nitrogen functional groups attached to an aromatic ring is 1. The average Bonchev–Trinajstić information content (AvgIpc) is 2.21. The lowest BCUT2D eigenvalue weighted by Crippen LogP contribution is -1.99. The fraction of sp³-hybridized carbons (Fsp3) is 0.455. The van der Waals surface area contributed by atoms with E-state index in [0.29, 0.717) is 0 Å². The zero-order valence-electron chi connectivity index (χ0n) is 9.18. The number of thioether (sulfide) groups is 2. The summed E-state index contributed by atoms with van der Waals surface area (Å²) in [5, 5.41) is 0.